The van der Waals surface area contributed by atoms with Crippen LogP contribution in [-0.2, 0) is 0 Å². The maximum absolute atomic E-state index is 9.86. The van der Waals surface area contributed by atoms with Crippen LogP contribution in [0, 0.1) is 11.8 Å². The van der Waals surface area contributed by atoms with Crippen molar-refractivity contribution in [2.75, 3.05) is 6.54 Å². The summed E-state index contributed by atoms with van der Waals surface area (Å²) in [6.07, 6.45) is 1.49. The summed E-state index contributed by atoms with van der Waals surface area (Å²) in [5.74, 6) is 6.09. The Morgan fingerprint density at radius 3 is 2.07 bits per heavy atom. The molecular formula is C13H23NO. The smallest absolute Gasteiger partial charge is 0.0610 e. The second-order valence-corrected chi connectivity index (χ2v) is 5.70. The molecule has 1 saturated heterocycles. The number of nitrogens with zero attached hydrogens (tertiary/aromatic N) is 1. The van der Waals surface area contributed by atoms with Crippen LogP contribution < -0.4 is 0 Å². The first kappa shape index (κ1) is 12.5. The highest BCUT2D eigenvalue weighted by Gasteiger charge is 2.44. The Hall–Kier alpha value is -0.520. The first-order valence-electron chi connectivity index (χ1n) is 5.65. The van der Waals surface area contributed by atoms with Crippen molar-refractivity contribution in [3.8, 4) is 11.8 Å². The summed E-state index contributed by atoms with van der Waals surface area (Å²) in [5.41, 5.74) is 0.0655. The molecule has 0 bridgehead atoms. The molecule has 2 nitrogen and oxygen atoms in total. The van der Waals surface area contributed by atoms with Crippen LogP contribution in [0.15, 0.2) is 0 Å². The number of hydrogen-bond donors (Lipinski definition) is 1. The minimum Gasteiger partial charge on any atom is -0.393 e. The van der Waals surface area contributed by atoms with Gasteiger partial charge in [0.05, 0.1) is 12.6 Å². The zero-order valence-electron chi connectivity index (χ0n) is 10.6. The van der Waals surface area contributed by atoms with Gasteiger partial charge in [-0.2, -0.15) is 0 Å². The lowest BCUT2D eigenvalue weighted by Gasteiger charge is -2.53. The van der Waals surface area contributed by atoms with Crippen LogP contribution in [0.3, 0.4) is 0 Å². The second kappa shape index (κ2) is 4.15. The molecule has 0 aromatic rings. The summed E-state index contributed by atoms with van der Waals surface area (Å²) >= 11 is 0. The van der Waals surface area contributed by atoms with Gasteiger partial charge in [-0.1, -0.05) is 5.92 Å². The van der Waals surface area contributed by atoms with Gasteiger partial charge in [0.25, 0.3) is 0 Å². The maximum atomic E-state index is 9.86. The van der Waals surface area contributed by atoms with Crippen molar-refractivity contribution in [2.24, 2.45) is 0 Å². The standard InChI is InChI=1S/C13H23NO/c1-6-7-8-14-12(2,3)9-11(15)10-13(14,4)5/h11,15H,8-10H2,1-5H3. The Labute approximate surface area is 93.7 Å². The number of piperidine rings is 1. The second-order valence-electron chi connectivity index (χ2n) is 5.70. The highest BCUT2D eigenvalue weighted by atomic mass is 16.3. The number of aliphatic hydroxyl groups is 1. The first-order chi connectivity index (χ1) is 6.79. The Balaban J connectivity index is 2.90. The van der Waals surface area contributed by atoms with E-state index in [0.717, 1.165) is 19.4 Å². The molecule has 15 heavy (non-hydrogen) atoms. The summed E-state index contributed by atoms with van der Waals surface area (Å²) in [5, 5.41) is 9.86. The van der Waals surface area contributed by atoms with Gasteiger partial charge < -0.3 is 5.11 Å². The van der Waals surface area contributed by atoms with Crippen LogP contribution in [0.4, 0.5) is 0 Å². The largest absolute Gasteiger partial charge is 0.393 e. The third-order valence-electron chi connectivity index (χ3n) is 3.35. The van der Waals surface area contributed by atoms with E-state index in [0.29, 0.717) is 0 Å². The van der Waals surface area contributed by atoms with Gasteiger partial charge in [-0.3, -0.25) is 4.90 Å². The summed E-state index contributed by atoms with van der Waals surface area (Å²) in [6, 6.07) is 0. The fourth-order valence-electron chi connectivity index (χ4n) is 2.85. The van der Waals surface area contributed by atoms with Crippen molar-refractivity contribution in [1.82, 2.24) is 4.90 Å². The quantitative estimate of drug-likeness (QED) is 0.668. The molecule has 0 radical (unpaired) electrons. The molecule has 1 aliphatic rings. The van der Waals surface area contributed by atoms with Crippen molar-refractivity contribution in [2.45, 2.75) is 64.6 Å². The van der Waals surface area contributed by atoms with Crippen LogP contribution in [-0.4, -0.2) is 33.7 Å². The molecule has 1 aliphatic heterocycles. The zero-order chi connectivity index (χ0) is 11.7. The molecule has 1 fully saturated rings. The summed E-state index contributed by atoms with van der Waals surface area (Å²) < 4.78 is 0. The van der Waals surface area contributed by atoms with Crippen LogP contribution in [0.25, 0.3) is 0 Å². The van der Waals surface area contributed by atoms with Gasteiger partial charge in [0.15, 0.2) is 0 Å². The monoisotopic (exact) mass is 209 g/mol. The fourth-order valence-corrected chi connectivity index (χ4v) is 2.85. The van der Waals surface area contributed by atoms with E-state index in [2.05, 4.69) is 44.4 Å². The van der Waals surface area contributed by atoms with Crippen LogP contribution >= 0.6 is 0 Å². The molecule has 0 spiro atoms. The van der Waals surface area contributed by atoms with E-state index in [-0.39, 0.29) is 17.2 Å². The minimum atomic E-state index is -0.180. The van der Waals surface area contributed by atoms with Crippen molar-refractivity contribution >= 4 is 0 Å². The third-order valence-corrected chi connectivity index (χ3v) is 3.35. The molecule has 0 aromatic carbocycles. The molecule has 2 heteroatoms. The SMILES string of the molecule is CC#CCN1C(C)(C)CC(O)CC1(C)C. The van der Waals surface area contributed by atoms with E-state index in [1.165, 1.54) is 0 Å². The normalized spacial score (nSPS) is 25.7. The molecule has 0 unspecified atom stereocenters. The van der Waals surface area contributed by atoms with Gasteiger partial charge in [-0.15, -0.1) is 5.92 Å². The lowest BCUT2D eigenvalue weighted by atomic mass is 9.78. The van der Waals surface area contributed by atoms with E-state index in [9.17, 15) is 5.11 Å². The number of hydrogen-bond acceptors (Lipinski definition) is 2. The maximum Gasteiger partial charge on any atom is 0.0610 e. The average molecular weight is 209 g/mol. The predicted molar refractivity (Wildman–Crippen MR) is 63.6 cm³/mol. The average Bonchev–Trinajstić information content (AvgIpc) is 1.98. The molecular weight excluding hydrogens is 186 g/mol. The highest BCUT2D eigenvalue weighted by molar-refractivity contribution is 5.07. The van der Waals surface area contributed by atoms with Gasteiger partial charge in [0.2, 0.25) is 0 Å². The molecule has 1 rings (SSSR count). The Morgan fingerprint density at radius 1 is 1.20 bits per heavy atom. The number of rotatable bonds is 1. The van der Waals surface area contributed by atoms with Crippen molar-refractivity contribution in [1.29, 1.82) is 0 Å². The Bertz CT molecular complexity index is 265. The summed E-state index contributed by atoms with van der Waals surface area (Å²) in [6.45, 7) is 11.4. The van der Waals surface area contributed by atoms with Crippen LogP contribution in [0.2, 0.25) is 0 Å². The molecule has 86 valence electrons. The van der Waals surface area contributed by atoms with E-state index < -0.39 is 0 Å². The van der Waals surface area contributed by atoms with Gasteiger partial charge in [0.1, 0.15) is 0 Å². The van der Waals surface area contributed by atoms with Gasteiger partial charge in [0, 0.05) is 11.1 Å². The van der Waals surface area contributed by atoms with E-state index in [1.807, 2.05) is 6.92 Å². The zero-order valence-corrected chi connectivity index (χ0v) is 10.6. The summed E-state index contributed by atoms with van der Waals surface area (Å²) in [7, 11) is 0. The molecule has 0 aliphatic carbocycles. The van der Waals surface area contributed by atoms with Crippen molar-refractivity contribution < 1.29 is 5.11 Å². The lowest BCUT2D eigenvalue weighted by Crippen LogP contribution is -2.61. The lowest BCUT2D eigenvalue weighted by molar-refractivity contribution is -0.0724. The highest BCUT2D eigenvalue weighted by Crippen LogP contribution is 2.37. The molecule has 0 amide bonds. The van der Waals surface area contributed by atoms with E-state index in [4.69, 9.17) is 0 Å². The number of likely N-dealkylation sites (tertiary alicyclic amines) is 1. The first-order valence-corrected chi connectivity index (χ1v) is 5.65. The van der Waals surface area contributed by atoms with Gasteiger partial charge >= 0.3 is 0 Å². The fraction of sp³-hybridized carbons (Fsp3) is 0.846. The van der Waals surface area contributed by atoms with E-state index in [1.54, 1.807) is 0 Å². The Morgan fingerprint density at radius 2 is 1.67 bits per heavy atom. The summed E-state index contributed by atoms with van der Waals surface area (Å²) in [4.78, 5) is 2.41. The molecule has 0 atom stereocenters. The molecule has 0 saturated carbocycles. The molecule has 1 N–H and O–H groups in total. The molecule has 1 heterocycles. The van der Waals surface area contributed by atoms with Crippen molar-refractivity contribution in [3.05, 3.63) is 0 Å². The topological polar surface area (TPSA) is 23.5 Å². The van der Waals surface area contributed by atoms with Crippen LogP contribution in [0.1, 0.15) is 47.5 Å². The number of aliphatic hydroxyl groups excluding tert-OH is 1. The third kappa shape index (κ3) is 2.74. The van der Waals surface area contributed by atoms with Gasteiger partial charge in [-0.25, -0.2) is 0 Å². The minimum absolute atomic E-state index is 0.0328. The Kier molecular flexibility index (Phi) is 3.48. The van der Waals surface area contributed by atoms with Crippen molar-refractivity contribution in [3.63, 3.8) is 0 Å². The van der Waals surface area contributed by atoms with Gasteiger partial charge in [-0.05, 0) is 47.5 Å². The molecule has 0 aromatic heterocycles. The van der Waals surface area contributed by atoms with E-state index >= 15 is 0 Å². The predicted octanol–water partition coefficient (Wildman–Crippen LogP) is 2.02. The van der Waals surface area contributed by atoms with Crippen LogP contribution in [0.5, 0.6) is 0 Å².